The van der Waals surface area contributed by atoms with E-state index in [0.717, 1.165) is 38.4 Å². The average molecular weight is 336 g/mol. The van der Waals surface area contributed by atoms with E-state index in [2.05, 4.69) is 32.9 Å². The number of benzene rings is 1. The average Bonchev–Trinajstić information content (AvgIpc) is 3.06. The Kier molecular flexibility index (Phi) is 5.27. The highest BCUT2D eigenvalue weighted by molar-refractivity contribution is 6.30. The summed E-state index contributed by atoms with van der Waals surface area (Å²) in [4.78, 5) is 8.79. The van der Waals surface area contributed by atoms with Gasteiger partial charge in [0.15, 0.2) is 0 Å². The van der Waals surface area contributed by atoms with Crippen molar-refractivity contribution >= 4 is 11.6 Å². The van der Waals surface area contributed by atoms with Gasteiger partial charge in [-0.1, -0.05) is 17.7 Å². The van der Waals surface area contributed by atoms with E-state index in [0.29, 0.717) is 11.1 Å². The lowest BCUT2D eigenvalue weighted by Crippen LogP contribution is -2.51. The number of hydrogen-bond acceptors (Lipinski definition) is 5. The topological polar surface area (TPSA) is 57.4 Å². The van der Waals surface area contributed by atoms with Crippen molar-refractivity contribution in [1.29, 1.82) is 0 Å². The number of aliphatic hydroxyl groups excluding tert-OH is 1. The second kappa shape index (κ2) is 7.40. The van der Waals surface area contributed by atoms with Crippen LogP contribution in [0.2, 0.25) is 5.02 Å². The molecular weight excluding hydrogens is 314 g/mol. The first-order valence-corrected chi connectivity index (χ1v) is 8.26. The first-order valence-electron chi connectivity index (χ1n) is 7.88. The standard InChI is InChI=1S/C16H22ClN5O/c1-13-9-20(6-7-23)4-5-21(13)10-14-2-3-15(17)8-16(14)22-12-18-11-19-22/h2-3,8,11-13,23H,4-7,9-10H2,1H3. The van der Waals surface area contributed by atoms with Crippen molar-refractivity contribution < 1.29 is 5.11 Å². The summed E-state index contributed by atoms with van der Waals surface area (Å²) in [5.74, 6) is 0. The van der Waals surface area contributed by atoms with E-state index >= 15 is 0 Å². The summed E-state index contributed by atoms with van der Waals surface area (Å²) < 4.78 is 1.76. The first-order chi connectivity index (χ1) is 11.2. The zero-order valence-corrected chi connectivity index (χ0v) is 14.0. The van der Waals surface area contributed by atoms with Gasteiger partial charge in [-0.25, -0.2) is 9.67 Å². The van der Waals surface area contributed by atoms with Crippen LogP contribution in [0.4, 0.5) is 0 Å². The van der Waals surface area contributed by atoms with E-state index < -0.39 is 0 Å². The van der Waals surface area contributed by atoms with Gasteiger partial charge in [0.2, 0.25) is 0 Å². The van der Waals surface area contributed by atoms with Gasteiger partial charge < -0.3 is 5.11 Å². The molecule has 1 saturated heterocycles. The van der Waals surface area contributed by atoms with Crippen LogP contribution in [0, 0.1) is 0 Å². The molecule has 0 radical (unpaired) electrons. The quantitative estimate of drug-likeness (QED) is 0.895. The lowest BCUT2D eigenvalue weighted by Gasteiger charge is -2.39. The second-order valence-corrected chi connectivity index (χ2v) is 6.39. The summed E-state index contributed by atoms with van der Waals surface area (Å²) in [6.07, 6.45) is 3.22. The van der Waals surface area contributed by atoms with E-state index in [1.54, 1.807) is 11.0 Å². The Bertz CT molecular complexity index is 633. The van der Waals surface area contributed by atoms with Crippen molar-refractivity contribution in [2.75, 3.05) is 32.8 Å². The van der Waals surface area contributed by atoms with E-state index in [9.17, 15) is 0 Å². The van der Waals surface area contributed by atoms with Crippen molar-refractivity contribution in [2.45, 2.75) is 19.5 Å². The van der Waals surface area contributed by atoms with Gasteiger partial charge in [-0.2, -0.15) is 5.10 Å². The zero-order chi connectivity index (χ0) is 16.2. The maximum atomic E-state index is 9.09. The SMILES string of the molecule is CC1CN(CCO)CCN1Cc1ccc(Cl)cc1-n1cncn1. The van der Waals surface area contributed by atoms with Crippen molar-refractivity contribution in [3.05, 3.63) is 41.4 Å². The monoisotopic (exact) mass is 335 g/mol. The lowest BCUT2D eigenvalue weighted by atomic mass is 10.1. The molecule has 1 aromatic carbocycles. The molecule has 1 unspecified atom stereocenters. The van der Waals surface area contributed by atoms with Crippen LogP contribution in [-0.4, -0.2) is 68.5 Å². The third-order valence-corrected chi connectivity index (χ3v) is 4.59. The third kappa shape index (κ3) is 3.90. The molecule has 0 aliphatic carbocycles. The van der Waals surface area contributed by atoms with Gasteiger partial charge in [0.05, 0.1) is 12.3 Å². The number of aromatic nitrogens is 3. The summed E-state index contributed by atoms with van der Waals surface area (Å²) in [5.41, 5.74) is 2.15. The summed E-state index contributed by atoms with van der Waals surface area (Å²) >= 11 is 6.15. The second-order valence-electron chi connectivity index (χ2n) is 5.96. The van der Waals surface area contributed by atoms with Gasteiger partial charge in [-0.3, -0.25) is 9.80 Å². The van der Waals surface area contributed by atoms with Crippen molar-refractivity contribution in [3.8, 4) is 5.69 Å². The zero-order valence-electron chi connectivity index (χ0n) is 13.3. The Hall–Kier alpha value is -1.47. The molecule has 0 saturated carbocycles. The summed E-state index contributed by atoms with van der Waals surface area (Å²) in [6, 6.07) is 6.35. The molecule has 0 bridgehead atoms. The van der Waals surface area contributed by atoms with Gasteiger partial charge >= 0.3 is 0 Å². The molecule has 1 aromatic heterocycles. The molecule has 0 spiro atoms. The Labute approximate surface area is 141 Å². The fraction of sp³-hybridized carbons (Fsp3) is 0.500. The molecule has 1 aliphatic heterocycles. The summed E-state index contributed by atoms with van der Waals surface area (Å²) in [5, 5.41) is 14.0. The van der Waals surface area contributed by atoms with E-state index in [1.165, 1.54) is 11.9 Å². The van der Waals surface area contributed by atoms with E-state index in [1.807, 2.05) is 12.1 Å². The number of nitrogens with zero attached hydrogens (tertiary/aromatic N) is 5. The molecule has 1 atom stereocenters. The maximum absolute atomic E-state index is 9.09. The van der Waals surface area contributed by atoms with Crippen LogP contribution >= 0.6 is 11.6 Å². The van der Waals surface area contributed by atoms with Gasteiger partial charge in [0, 0.05) is 43.8 Å². The van der Waals surface area contributed by atoms with Crippen LogP contribution in [-0.2, 0) is 6.54 Å². The molecule has 0 amide bonds. The number of β-amino-alcohol motifs (C(OH)–C–C–N with tert-alkyl or cyclic N) is 1. The summed E-state index contributed by atoms with van der Waals surface area (Å²) in [6.45, 7) is 7.00. The predicted octanol–water partition coefficient (Wildman–Crippen LogP) is 1.42. The number of hydrogen-bond donors (Lipinski definition) is 1. The molecule has 6 nitrogen and oxygen atoms in total. The Morgan fingerprint density at radius 2 is 2.22 bits per heavy atom. The Balaban J connectivity index is 1.76. The molecule has 2 heterocycles. The normalized spacial score (nSPS) is 20.0. The molecule has 3 rings (SSSR count). The van der Waals surface area contributed by atoms with Crippen molar-refractivity contribution in [2.24, 2.45) is 0 Å². The number of piperazine rings is 1. The number of aliphatic hydroxyl groups is 1. The predicted molar refractivity (Wildman–Crippen MR) is 89.8 cm³/mol. The van der Waals surface area contributed by atoms with Crippen LogP contribution < -0.4 is 0 Å². The van der Waals surface area contributed by atoms with Crippen molar-refractivity contribution in [1.82, 2.24) is 24.6 Å². The first kappa shape index (κ1) is 16.4. The molecule has 7 heteroatoms. The van der Waals surface area contributed by atoms with Crippen LogP contribution in [0.1, 0.15) is 12.5 Å². The summed E-state index contributed by atoms with van der Waals surface area (Å²) in [7, 11) is 0. The van der Waals surface area contributed by atoms with Crippen molar-refractivity contribution in [3.63, 3.8) is 0 Å². The van der Waals surface area contributed by atoms with E-state index in [-0.39, 0.29) is 6.61 Å². The van der Waals surface area contributed by atoms with Gasteiger partial charge in [-0.15, -0.1) is 0 Å². The van der Waals surface area contributed by atoms with Crippen LogP contribution in [0.25, 0.3) is 5.69 Å². The van der Waals surface area contributed by atoms with Crippen LogP contribution in [0.5, 0.6) is 0 Å². The molecular formula is C16H22ClN5O. The lowest BCUT2D eigenvalue weighted by molar-refractivity contribution is 0.0664. The largest absolute Gasteiger partial charge is 0.395 e. The smallest absolute Gasteiger partial charge is 0.138 e. The minimum Gasteiger partial charge on any atom is -0.395 e. The third-order valence-electron chi connectivity index (χ3n) is 4.35. The van der Waals surface area contributed by atoms with Gasteiger partial charge in [-0.05, 0) is 24.6 Å². The van der Waals surface area contributed by atoms with E-state index in [4.69, 9.17) is 16.7 Å². The van der Waals surface area contributed by atoms with Crippen LogP contribution in [0.15, 0.2) is 30.9 Å². The van der Waals surface area contributed by atoms with Gasteiger partial charge in [0.1, 0.15) is 12.7 Å². The maximum Gasteiger partial charge on any atom is 0.138 e. The fourth-order valence-electron chi connectivity index (χ4n) is 3.09. The highest BCUT2D eigenvalue weighted by Crippen LogP contribution is 2.22. The Morgan fingerprint density at radius 3 is 2.91 bits per heavy atom. The molecule has 2 aromatic rings. The van der Waals surface area contributed by atoms with Gasteiger partial charge in [0.25, 0.3) is 0 Å². The highest BCUT2D eigenvalue weighted by atomic mass is 35.5. The highest BCUT2D eigenvalue weighted by Gasteiger charge is 2.24. The molecule has 23 heavy (non-hydrogen) atoms. The molecule has 1 aliphatic rings. The number of rotatable bonds is 5. The fourth-order valence-corrected chi connectivity index (χ4v) is 3.25. The minimum atomic E-state index is 0.223. The van der Waals surface area contributed by atoms with Crippen LogP contribution in [0.3, 0.4) is 0 Å². The molecule has 1 fully saturated rings. The molecule has 1 N–H and O–H groups in total. The number of halogens is 1. The Morgan fingerprint density at radius 1 is 1.35 bits per heavy atom. The minimum absolute atomic E-state index is 0.223. The molecule has 124 valence electrons.